The summed E-state index contributed by atoms with van der Waals surface area (Å²) in [5, 5.41) is 0. The van der Waals surface area contributed by atoms with Gasteiger partial charge in [0.1, 0.15) is 0 Å². The van der Waals surface area contributed by atoms with Crippen LogP contribution in [0.1, 0.15) is 37.9 Å². The van der Waals surface area contributed by atoms with Crippen molar-refractivity contribution in [1.29, 1.82) is 0 Å². The average Bonchev–Trinajstić information content (AvgIpc) is 3.44. The third-order valence-corrected chi connectivity index (χ3v) is 7.83. The molecule has 196 valence electrons. The molecule has 12 heteroatoms. The van der Waals surface area contributed by atoms with Crippen molar-refractivity contribution in [3.8, 4) is 17.2 Å². The highest BCUT2D eigenvalue weighted by Crippen LogP contribution is 2.38. The molecule has 0 fully saturated rings. The van der Waals surface area contributed by atoms with Crippen molar-refractivity contribution in [3.05, 3.63) is 81.4 Å². The average molecular weight is 664 g/mol. The number of hydrogen-bond donors (Lipinski definition) is 0. The minimum absolute atomic E-state index is 0.0913. The van der Waals surface area contributed by atoms with E-state index in [0.717, 1.165) is 4.47 Å². The molecule has 1 aromatic heterocycles. The molecule has 0 amide bonds. The lowest BCUT2D eigenvalue weighted by molar-refractivity contribution is -0.139. The Hall–Kier alpha value is -3.22. The number of hydrogen-bond acceptors (Lipinski definition) is 9. The van der Waals surface area contributed by atoms with Crippen LogP contribution in [0.3, 0.4) is 0 Å². The van der Waals surface area contributed by atoms with Gasteiger partial charge in [-0.1, -0.05) is 33.3 Å². The number of allylic oxidation sites excluding steroid dienone is 1. The lowest BCUT2D eigenvalue weighted by Crippen LogP contribution is -2.39. The Labute approximate surface area is 237 Å². The zero-order valence-corrected chi connectivity index (χ0v) is 24.4. The molecule has 2 aliphatic heterocycles. The minimum atomic E-state index is -0.802. The van der Waals surface area contributed by atoms with Crippen LogP contribution in [0.2, 0.25) is 0 Å². The van der Waals surface area contributed by atoms with E-state index in [1.807, 2.05) is 0 Å². The third-order valence-electron chi connectivity index (χ3n) is 5.80. The van der Waals surface area contributed by atoms with Gasteiger partial charge < -0.3 is 18.9 Å². The number of rotatable bonds is 5. The van der Waals surface area contributed by atoms with Gasteiger partial charge in [-0.3, -0.25) is 14.2 Å². The summed E-state index contributed by atoms with van der Waals surface area (Å²) < 4.78 is 24.8. The van der Waals surface area contributed by atoms with Crippen LogP contribution in [0.4, 0.5) is 0 Å². The van der Waals surface area contributed by atoms with Crippen molar-refractivity contribution in [2.45, 2.75) is 26.8 Å². The van der Waals surface area contributed by atoms with E-state index in [4.69, 9.17) is 18.9 Å². The molecule has 1 atom stereocenters. The fraction of sp³-hybridized carbons (Fsp3) is 0.231. The van der Waals surface area contributed by atoms with Crippen LogP contribution in [0.15, 0.2) is 60.3 Å². The van der Waals surface area contributed by atoms with Crippen LogP contribution in [-0.4, -0.2) is 29.9 Å². The van der Waals surface area contributed by atoms with Crippen LogP contribution < -0.4 is 29.1 Å². The molecule has 38 heavy (non-hydrogen) atoms. The SMILES string of the molecule is CCOC(=O)C1=C(C)N=c2s/c(=C\c3cc(Br)cc(Br)c3OC(C)=O)c(=O)n2[C@@H]1c1ccc2c(c1)OCO2. The van der Waals surface area contributed by atoms with Gasteiger partial charge in [0, 0.05) is 17.0 Å². The molecule has 2 aliphatic rings. The highest BCUT2D eigenvalue weighted by molar-refractivity contribution is 9.11. The molecule has 3 heterocycles. The summed E-state index contributed by atoms with van der Waals surface area (Å²) in [6, 6.07) is 7.97. The lowest BCUT2D eigenvalue weighted by atomic mass is 9.95. The van der Waals surface area contributed by atoms with E-state index >= 15 is 0 Å². The summed E-state index contributed by atoms with van der Waals surface area (Å²) in [4.78, 5) is 43.7. The number of fused-ring (bicyclic) bond motifs is 2. The van der Waals surface area contributed by atoms with E-state index in [9.17, 15) is 14.4 Å². The predicted molar refractivity (Wildman–Crippen MR) is 146 cm³/mol. The van der Waals surface area contributed by atoms with Crippen molar-refractivity contribution in [2.24, 2.45) is 4.99 Å². The van der Waals surface area contributed by atoms with Gasteiger partial charge in [-0.15, -0.1) is 0 Å². The number of ether oxygens (including phenoxy) is 4. The number of halogens is 2. The van der Waals surface area contributed by atoms with E-state index in [1.165, 1.54) is 22.8 Å². The second kappa shape index (κ2) is 10.5. The molecule has 2 aromatic carbocycles. The number of nitrogens with zero attached hydrogens (tertiary/aromatic N) is 2. The largest absolute Gasteiger partial charge is 0.463 e. The van der Waals surface area contributed by atoms with Gasteiger partial charge in [-0.05, 0) is 65.7 Å². The highest BCUT2D eigenvalue weighted by Gasteiger charge is 2.34. The molecule has 0 radical (unpaired) electrons. The number of benzene rings is 2. The number of carbonyl (C=O) groups is 2. The molecule has 0 saturated carbocycles. The second-order valence-corrected chi connectivity index (χ2v) is 11.1. The maximum atomic E-state index is 13.9. The normalized spacial score (nSPS) is 16.2. The van der Waals surface area contributed by atoms with Gasteiger partial charge >= 0.3 is 11.9 Å². The number of thiazole rings is 1. The Balaban J connectivity index is 1.74. The summed E-state index contributed by atoms with van der Waals surface area (Å²) in [6.45, 7) is 5.00. The van der Waals surface area contributed by atoms with Gasteiger partial charge in [0.15, 0.2) is 22.0 Å². The van der Waals surface area contributed by atoms with E-state index < -0.39 is 18.0 Å². The summed E-state index contributed by atoms with van der Waals surface area (Å²) in [5.41, 5.74) is 1.49. The van der Waals surface area contributed by atoms with E-state index in [0.29, 0.717) is 42.1 Å². The van der Waals surface area contributed by atoms with Crippen LogP contribution in [0.5, 0.6) is 17.2 Å². The standard InChI is InChI=1S/C26H20Br2N2O7S/c1-4-34-25(33)21-12(2)29-26-30(22(21)14-5-6-18-19(8-14)36-11-35-18)24(32)20(38-26)9-15-7-16(27)10-17(28)23(15)37-13(3)31/h5-10,22H,4,11H2,1-3H3/b20-9-/t22-/m1/s1. The molecule has 0 bridgehead atoms. The maximum Gasteiger partial charge on any atom is 0.338 e. The van der Waals surface area contributed by atoms with Crippen molar-refractivity contribution < 1.29 is 28.5 Å². The molecule has 0 N–H and O–H groups in total. The van der Waals surface area contributed by atoms with Crippen LogP contribution in [0.25, 0.3) is 6.08 Å². The topological polar surface area (TPSA) is 105 Å². The smallest absolute Gasteiger partial charge is 0.338 e. The van der Waals surface area contributed by atoms with E-state index in [1.54, 1.807) is 50.3 Å². The number of esters is 2. The maximum absolute atomic E-state index is 13.9. The van der Waals surface area contributed by atoms with Gasteiger partial charge in [0.25, 0.3) is 5.56 Å². The third kappa shape index (κ3) is 4.83. The van der Waals surface area contributed by atoms with Crippen molar-refractivity contribution in [1.82, 2.24) is 4.57 Å². The number of aromatic nitrogens is 1. The zero-order chi connectivity index (χ0) is 27.1. The molecule has 3 aromatic rings. The Morgan fingerprint density at radius 1 is 1.21 bits per heavy atom. The summed E-state index contributed by atoms with van der Waals surface area (Å²) >= 11 is 8.03. The fourth-order valence-corrected chi connectivity index (χ4v) is 6.65. The van der Waals surface area contributed by atoms with Crippen molar-refractivity contribution in [2.75, 3.05) is 13.4 Å². The predicted octanol–water partition coefficient (Wildman–Crippen LogP) is 3.98. The van der Waals surface area contributed by atoms with Crippen LogP contribution in [0, 0.1) is 0 Å². The van der Waals surface area contributed by atoms with Crippen LogP contribution in [-0.2, 0) is 14.3 Å². The first-order valence-corrected chi connectivity index (χ1v) is 13.8. The molecular formula is C26H20Br2N2O7S. The van der Waals surface area contributed by atoms with Gasteiger partial charge in [-0.25, -0.2) is 9.79 Å². The molecule has 0 spiro atoms. The Bertz CT molecular complexity index is 1710. The molecule has 5 rings (SSSR count). The van der Waals surface area contributed by atoms with Crippen molar-refractivity contribution in [3.63, 3.8) is 0 Å². The Morgan fingerprint density at radius 3 is 2.71 bits per heavy atom. The fourth-order valence-electron chi connectivity index (χ4n) is 4.27. The quantitative estimate of drug-likeness (QED) is 0.300. The lowest BCUT2D eigenvalue weighted by Gasteiger charge is -2.24. The van der Waals surface area contributed by atoms with Crippen LogP contribution >= 0.6 is 43.2 Å². The minimum Gasteiger partial charge on any atom is -0.463 e. The molecule has 0 saturated heterocycles. The summed E-state index contributed by atoms with van der Waals surface area (Å²) in [7, 11) is 0. The molecule has 0 aliphatic carbocycles. The Morgan fingerprint density at radius 2 is 1.97 bits per heavy atom. The molecule has 0 unspecified atom stereocenters. The second-order valence-electron chi connectivity index (χ2n) is 8.31. The summed E-state index contributed by atoms with van der Waals surface area (Å²) in [6.07, 6.45) is 1.64. The first-order chi connectivity index (χ1) is 18.2. The monoisotopic (exact) mass is 662 g/mol. The van der Waals surface area contributed by atoms with Crippen molar-refractivity contribution >= 4 is 61.2 Å². The number of carbonyl (C=O) groups excluding carboxylic acids is 2. The highest BCUT2D eigenvalue weighted by atomic mass is 79.9. The molecular weight excluding hydrogens is 644 g/mol. The molecule has 9 nitrogen and oxygen atoms in total. The Kier molecular flexibility index (Phi) is 7.30. The summed E-state index contributed by atoms with van der Waals surface area (Å²) in [5.74, 6) is 0.327. The van der Waals surface area contributed by atoms with Gasteiger partial charge in [0.05, 0.1) is 32.9 Å². The first kappa shape index (κ1) is 26.4. The first-order valence-electron chi connectivity index (χ1n) is 11.4. The van der Waals surface area contributed by atoms with Gasteiger partial charge in [-0.2, -0.15) is 0 Å². The van der Waals surface area contributed by atoms with Gasteiger partial charge in [0.2, 0.25) is 6.79 Å². The zero-order valence-electron chi connectivity index (χ0n) is 20.4. The van der Waals surface area contributed by atoms with E-state index in [2.05, 4.69) is 36.9 Å². The van der Waals surface area contributed by atoms with E-state index in [-0.39, 0.29) is 30.3 Å².